The predicted molar refractivity (Wildman–Crippen MR) is 121 cm³/mol. The molecule has 154 valence electrons. The number of nitrogens with one attached hydrogen (secondary N) is 1. The smallest absolute Gasteiger partial charge is 0.237 e. The zero-order valence-corrected chi connectivity index (χ0v) is 18.2. The molecule has 1 aromatic heterocycles. The van der Waals surface area contributed by atoms with Crippen LogP contribution in [0.5, 0.6) is 0 Å². The first kappa shape index (κ1) is 21.8. The molecule has 1 amide bonds. The lowest BCUT2D eigenvalue weighted by Crippen LogP contribution is -2.23. The number of carbonyl (C=O) groups is 2. The summed E-state index contributed by atoms with van der Waals surface area (Å²) in [6.07, 6.45) is 1.76. The van der Waals surface area contributed by atoms with E-state index in [1.54, 1.807) is 49.4 Å². The lowest BCUT2D eigenvalue weighted by molar-refractivity contribution is -0.115. The second-order valence-corrected chi connectivity index (χ2v) is 8.34. The van der Waals surface area contributed by atoms with Crippen LogP contribution in [0.2, 0.25) is 5.02 Å². The number of carbonyl (C=O) groups excluding carboxylic acids is 2. The van der Waals surface area contributed by atoms with Gasteiger partial charge in [-0.25, -0.2) is 0 Å². The molecule has 0 saturated heterocycles. The second-order valence-electron chi connectivity index (χ2n) is 6.60. The first-order chi connectivity index (χ1) is 14.4. The molecule has 0 spiro atoms. The summed E-state index contributed by atoms with van der Waals surface area (Å²) in [6.45, 7) is 7.62. The summed E-state index contributed by atoms with van der Waals surface area (Å²) < 4.78 is 1.91. The Kier molecular flexibility index (Phi) is 7.07. The van der Waals surface area contributed by atoms with Gasteiger partial charge in [0.15, 0.2) is 16.8 Å². The van der Waals surface area contributed by atoms with Crippen molar-refractivity contribution >= 4 is 40.7 Å². The van der Waals surface area contributed by atoms with Crippen molar-refractivity contribution in [3.05, 3.63) is 71.8 Å². The van der Waals surface area contributed by atoms with Gasteiger partial charge in [-0.05, 0) is 62.4 Å². The van der Waals surface area contributed by atoms with Gasteiger partial charge in [-0.2, -0.15) is 0 Å². The molecule has 8 heteroatoms. The average molecular weight is 441 g/mol. The Morgan fingerprint density at radius 3 is 2.43 bits per heavy atom. The average Bonchev–Trinajstić information content (AvgIpc) is 3.11. The monoisotopic (exact) mass is 440 g/mol. The fourth-order valence-electron chi connectivity index (χ4n) is 2.73. The number of rotatable bonds is 8. The van der Waals surface area contributed by atoms with E-state index in [0.29, 0.717) is 33.8 Å². The van der Waals surface area contributed by atoms with Crippen molar-refractivity contribution in [1.29, 1.82) is 0 Å². The minimum atomic E-state index is -0.414. The lowest BCUT2D eigenvalue weighted by Gasteiger charge is -2.13. The Bertz CT molecular complexity index is 1060. The second kappa shape index (κ2) is 9.73. The van der Waals surface area contributed by atoms with E-state index in [1.165, 1.54) is 18.7 Å². The van der Waals surface area contributed by atoms with Crippen molar-refractivity contribution in [3.63, 3.8) is 0 Å². The Labute approximate surface area is 184 Å². The third-order valence-electron chi connectivity index (χ3n) is 4.34. The Hall–Kier alpha value is -2.90. The number of nitrogens with zero attached hydrogens (tertiary/aromatic N) is 3. The van der Waals surface area contributed by atoms with Crippen LogP contribution in [0.4, 0.5) is 5.69 Å². The van der Waals surface area contributed by atoms with Crippen molar-refractivity contribution in [2.45, 2.75) is 30.8 Å². The van der Waals surface area contributed by atoms with Gasteiger partial charge in [0.2, 0.25) is 5.91 Å². The summed E-state index contributed by atoms with van der Waals surface area (Å²) in [5.41, 5.74) is 2.11. The number of amides is 1. The molecule has 0 aliphatic rings. The highest BCUT2D eigenvalue weighted by molar-refractivity contribution is 8.00. The van der Waals surface area contributed by atoms with Gasteiger partial charge in [0, 0.05) is 28.4 Å². The molecule has 0 fully saturated rings. The third-order valence-corrected chi connectivity index (χ3v) is 5.67. The van der Waals surface area contributed by atoms with E-state index in [-0.39, 0.29) is 11.7 Å². The minimum Gasteiger partial charge on any atom is -0.325 e. The van der Waals surface area contributed by atoms with Crippen LogP contribution in [0.3, 0.4) is 0 Å². The van der Waals surface area contributed by atoms with Crippen LogP contribution >= 0.6 is 23.4 Å². The standard InChI is InChI=1S/C22H21ClN4O2S/c1-4-13-27-20(17-5-9-18(23)10-6-17)25-26-22(27)30-15(3)21(29)24-19-11-7-16(8-12-19)14(2)28/h4-12,15H,1,13H2,2-3H3,(H,24,29). The largest absolute Gasteiger partial charge is 0.325 e. The number of Topliss-reactive ketones (excluding diaryl/α,β-unsaturated/α-hetero) is 1. The van der Waals surface area contributed by atoms with Crippen LogP contribution in [0, 0.1) is 0 Å². The summed E-state index contributed by atoms with van der Waals surface area (Å²) >= 11 is 7.29. The highest BCUT2D eigenvalue weighted by atomic mass is 35.5. The van der Waals surface area contributed by atoms with E-state index < -0.39 is 5.25 Å². The van der Waals surface area contributed by atoms with Gasteiger partial charge < -0.3 is 5.32 Å². The van der Waals surface area contributed by atoms with Crippen molar-refractivity contribution < 1.29 is 9.59 Å². The van der Waals surface area contributed by atoms with Crippen LogP contribution in [-0.4, -0.2) is 31.7 Å². The maximum Gasteiger partial charge on any atom is 0.237 e. The molecule has 3 aromatic rings. The molecule has 1 atom stereocenters. The van der Waals surface area contributed by atoms with Gasteiger partial charge in [-0.3, -0.25) is 14.2 Å². The maximum atomic E-state index is 12.6. The molecule has 1 heterocycles. The molecular weight excluding hydrogens is 420 g/mol. The summed E-state index contributed by atoms with van der Waals surface area (Å²) in [5, 5.41) is 12.3. The normalized spacial score (nSPS) is 11.7. The molecule has 1 unspecified atom stereocenters. The van der Waals surface area contributed by atoms with Gasteiger partial charge >= 0.3 is 0 Å². The Balaban J connectivity index is 1.74. The molecule has 2 aromatic carbocycles. The van der Waals surface area contributed by atoms with E-state index in [0.717, 1.165) is 5.56 Å². The van der Waals surface area contributed by atoms with Crippen LogP contribution < -0.4 is 5.32 Å². The fourth-order valence-corrected chi connectivity index (χ4v) is 3.71. The highest BCUT2D eigenvalue weighted by Gasteiger charge is 2.20. The fraction of sp³-hybridized carbons (Fsp3) is 0.182. The van der Waals surface area contributed by atoms with Crippen LogP contribution in [0.25, 0.3) is 11.4 Å². The number of anilines is 1. The molecule has 3 rings (SSSR count). The van der Waals surface area contributed by atoms with E-state index in [2.05, 4.69) is 22.1 Å². The molecule has 0 aliphatic carbocycles. The number of halogens is 1. The maximum absolute atomic E-state index is 12.6. The number of hydrogen-bond acceptors (Lipinski definition) is 5. The number of allylic oxidation sites excluding steroid dienone is 1. The summed E-state index contributed by atoms with van der Waals surface area (Å²) in [7, 11) is 0. The predicted octanol–water partition coefficient (Wildman–Crippen LogP) is 5.11. The lowest BCUT2D eigenvalue weighted by atomic mass is 10.1. The number of aromatic nitrogens is 3. The first-order valence-corrected chi connectivity index (χ1v) is 10.5. The highest BCUT2D eigenvalue weighted by Crippen LogP contribution is 2.28. The van der Waals surface area contributed by atoms with Gasteiger partial charge in [0.05, 0.1) is 5.25 Å². The summed E-state index contributed by atoms with van der Waals surface area (Å²) in [4.78, 5) is 24.0. The van der Waals surface area contributed by atoms with Gasteiger partial charge in [-0.15, -0.1) is 16.8 Å². The number of thioether (sulfide) groups is 1. The summed E-state index contributed by atoms with van der Waals surface area (Å²) in [5.74, 6) is 0.494. The van der Waals surface area contributed by atoms with Crippen LogP contribution in [0.1, 0.15) is 24.2 Å². The quantitative estimate of drug-likeness (QED) is 0.299. The first-order valence-electron chi connectivity index (χ1n) is 9.27. The van der Waals surface area contributed by atoms with Crippen molar-refractivity contribution in [1.82, 2.24) is 14.8 Å². The minimum absolute atomic E-state index is 0.0187. The van der Waals surface area contributed by atoms with Gasteiger partial charge in [0.1, 0.15) is 0 Å². The third kappa shape index (κ3) is 5.17. The van der Waals surface area contributed by atoms with Crippen molar-refractivity contribution in [2.24, 2.45) is 0 Å². The molecule has 0 aliphatic heterocycles. The van der Waals surface area contributed by atoms with E-state index in [9.17, 15) is 9.59 Å². The topological polar surface area (TPSA) is 76.9 Å². The molecule has 1 N–H and O–H groups in total. The molecule has 0 bridgehead atoms. The van der Waals surface area contributed by atoms with E-state index in [4.69, 9.17) is 11.6 Å². The number of benzene rings is 2. The molecule has 30 heavy (non-hydrogen) atoms. The molecule has 6 nitrogen and oxygen atoms in total. The number of ketones is 1. The van der Waals surface area contributed by atoms with E-state index >= 15 is 0 Å². The van der Waals surface area contributed by atoms with Crippen LogP contribution in [-0.2, 0) is 11.3 Å². The van der Waals surface area contributed by atoms with Gasteiger partial charge in [0.25, 0.3) is 0 Å². The van der Waals surface area contributed by atoms with Gasteiger partial charge in [-0.1, -0.05) is 29.4 Å². The molecule has 0 saturated carbocycles. The molecule has 0 radical (unpaired) electrons. The van der Waals surface area contributed by atoms with E-state index in [1.807, 2.05) is 16.7 Å². The van der Waals surface area contributed by atoms with Crippen LogP contribution in [0.15, 0.2) is 66.3 Å². The zero-order valence-electron chi connectivity index (χ0n) is 16.6. The Morgan fingerprint density at radius 1 is 1.17 bits per heavy atom. The Morgan fingerprint density at radius 2 is 1.83 bits per heavy atom. The van der Waals surface area contributed by atoms with Crippen molar-refractivity contribution in [3.8, 4) is 11.4 Å². The summed E-state index contributed by atoms with van der Waals surface area (Å²) in [6, 6.07) is 14.1. The van der Waals surface area contributed by atoms with Crippen molar-refractivity contribution in [2.75, 3.05) is 5.32 Å². The zero-order chi connectivity index (χ0) is 21.7. The number of hydrogen-bond donors (Lipinski definition) is 1. The molecular formula is C22H21ClN4O2S. The SMILES string of the molecule is C=CCn1c(SC(C)C(=O)Nc2ccc(C(C)=O)cc2)nnc1-c1ccc(Cl)cc1.